The number of halogens is 3. The number of aryl methyl sites for hydroxylation is 1. The lowest BCUT2D eigenvalue weighted by Crippen LogP contribution is -2.28. The summed E-state index contributed by atoms with van der Waals surface area (Å²) in [7, 11) is 0. The molecule has 146 valence electrons. The lowest BCUT2D eigenvalue weighted by Gasteiger charge is -2.09. The van der Waals surface area contributed by atoms with Crippen molar-refractivity contribution >= 4 is 23.1 Å². The Hall–Kier alpha value is -3.08. The van der Waals surface area contributed by atoms with Gasteiger partial charge in [-0.15, -0.1) is 11.3 Å². The molecule has 0 aliphatic carbocycles. The molecule has 0 atom stereocenters. The van der Waals surface area contributed by atoms with Gasteiger partial charge in [0.1, 0.15) is 10.7 Å². The Labute approximate surface area is 162 Å². The number of rotatable bonds is 6. The molecule has 0 radical (unpaired) electrons. The second-order valence-electron chi connectivity index (χ2n) is 5.62. The van der Waals surface area contributed by atoms with E-state index in [1.165, 1.54) is 17.4 Å². The maximum absolute atomic E-state index is 12.5. The topological polar surface area (TPSA) is 92.7 Å². The minimum absolute atomic E-state index is 0.260. The highest BCUT2D eigenvalue weighted by molar-refractivity contribution is 7.17. The van der Waals surface area contributed by atoms with Gasteiger partial charge >= 0.3 is 6.18 Å². The number of alkyl halides is 3. The van der Waals surface area contributed by atoms with Crippen molar-refractivity contribution in [1.29, 1.82) is 0 Å². The van der Waals surface area contributed by atoms with E-state index in [-0.39, 0.29) is 12.5 Å². The summed E-state index contributed by atoms with van der Waals surface area (Å²) in [6.07, 6.45) is -0.468. The van der Waals surface area contributed by atoms with Crippen molar-refractivity contribution in [2.45, 2.75) is 13.1 Å². The van der Waals surface area contributed by atoms with Crippen molar-refractivity contribution < 1.29 is 18.0 Å². The smallest absolute Gasteiger partial charge is 0.368 e. The van der Waals surface area contributed by atoms with Crippen molar-refractivity contribution in [2.75, 3.05) is 18.4 Å². The van der Waals surface area contributed by atoms with Gasteiger partial charge in [0.15, 0.2) is 10.8 Å². The standard InChI is InChI=1S/C17H15F3N6OS/c1-10-13(28-16(26-10)14-22-5-2-6-23-14)15(27)24-8-7-21-12-4-3-11(9-25-12)17(18,19)20/h2-6,9H,7-8H2,1H3,(H,21,25)(H,24,27). The molecule has 0 fully saturated rings. The van der Waals surface area contributed by atoms with Gasteiger partial charge in [0.05, 0.1) is 11.3 Å². The molecule has 0 bridgehead atoms. The van der Waals surface area contributed by atoms with Crippen LogP contribution in [0, 0.1) is 6.92 Å². The van der Waals surface area contributed by atoms with Crippen LogP contribution in [0.2, 0.25) is 0 Å². The van der Waals surface area contributed by atoms with Crippen LogP contribution in [0.3, 0.4) is 0 Å². The van der Waals surface area contributed by atoms with E-state index < -0.39 is 11.7 Å². The molecule has 3 rings (SSSR count). The molecule has 3 aromatic rings. The minimum atomic E-state index is -4.42. The van der Waals surface area contributed by atoms with Crippen molar-refractivity contribution in [3.05, 3.63) is 52.9 Å². The maximum atomic E-state index is 12.5. The molecule has 3 aromatic heterocycles. The summed E-state index contributed by atoms with van der Waals surface area (Å²) < 4.78 is 37.5. The highest BCUT2D eigenvalue weighted by Crippen LogP contribution is 2.28. The molecule has 11 heteroatoms. The Morgan fingerprint density at radius 3 is 2.54 bits per heavy atom. The fourth-order valence-corrected chi connectivity index (χ4v) is 3.16. The van der Waals surface area contributed by atoms with Crippen molar-refractivity contribution in [1.82, 2.24) is 25.3 Å². The summed E-state index contributed by atoms with van der Waals surface area (Å²) in [6.45, 7) is 2.29. The van der Waals surface area contributed by atoms with Crippen LogP contribution in [0.4, 0.5) is 19.0 Å². The summed E-state index contributed by atoms with van der Waals surface area (Å²) in [5, 5.41) is 6.13. The fraction of sp³-hybridized carbons (Fsp3) is 0.235. The first-order valence-electron chi connectivity index (χ1n) is 8.15. The van der Waals surface area contributed by atoms with Crippen LogP contribution in [0.5, 0.6) is 0 Å². The van der Waals surface area contributed by atoms with E-state index >= 15 is 0 Å². The second-order valence-corrected chi connectivity index (χ2v) is 6.62. The van der Waals surface area contributed by atoms with Gasteiger partial charge < -0.3 is 10.6 Å². The molecule has 0 saturated carbocycles. The molecular formula is C17H15F3N6OS. The first-order valence-corrected chi connectivity index (χ1v) is 8.96. The molecule has 0 unspecified atom stereocenters. The average Bonchev–Trinajstić information content (AvgIpc) is 3.07. The van der Waals surface area contributed by atoms with Gasteiger partial charge in [0.2, 0.25) is 0 Å². The number of hydrogen-bond donors (Lipinski definition) is 2. The van der Waals surface area contributed by atoms with Crippen LogP contribution < -0.4 is 10.6 Å². The van der Waals surface area contributed by atoms with E-state index in [4.69, 9.17) is 0 Å². The predicted molar refractivity (Wildman–Crippen MR) is 97.9 cm³/mol. The Bertz CT molecular complexity index is 944. The Kier molecular flexibility index (Phi) is 5.83. The van der Waals surface area contributed by atoms with Gasteiger partial charge in [-0.1, -0.05) is 0 Å². The molecular weight excluding hydrogens is 393 g/mol. The molecule has 0 aliphatic rings. The molecule has 0 aliphatic heterocycles. The second kappa shape index (κ2) is 8.30. The van der Waals surface area contributed by atoms with E-state index in [1.54, 1.807) is 25.4 Å². The molecule has 1 amide bonds. The lowest BCUT2D eigenvalue weighted by atomic mass is 10.3. The zero-order valence-electron chi connectivity index (χ0n) is 14.6. The zero-order chi connectivity index (χ0) is 20.1. The van der Waals surface area contributed by atoms with Gasteiger partial charge in [-0.25, -0.2) is 19.9 Å². The van der Waals surface area contributed by atoms with Gasteiger partial charge in [0.25, 0.3) is 5.91 Å². The van der Waals surface area contributed by atoms with Gasteiger partial charge in [-0.05, 0) is 25.1 Å². The Morgan fingerprint density at radius 2 is 1.89 bits per heavy atom. The highest BCUT2D eigenvalue weighted by atomic mass is 32.1. The highest BCUT2D eigenvalue weighted by Gasteiger charge is 2.30. The van der Waals surface area contributed by atoms with Crippen LogP contribution >= 0.6 is 11.3 Å². The number of anilines is 1. The number of amides is 1. The molecule has 0 aromatic carbocycles. The zero-order valence-corrected chi connectivity index (χ0v) is 15.4. The van der Waals surface area contributed by atoms with Crippen LogP contribution in [-0.4, -0.2) is 38.9 Å². The maximum Gasteiger partial charge on any atom is 0.417 e. The number of hydrogen-bond acceptors (Lipinski definition) is 7. The van der Waals surface area contributed by atoms with E-state index in [0.717, 1.165) is 12.3 Å². The average molecular weight is 408 g/mol. The minimum Gasteiger partial charge on any atom is -0.368 e. The summed E-state index contributed by atoms with van der Waals surface area (Å²) in [5.74, 6) is 0.448. The fourth-order valence-electron chi connectivity index (χ4n) is 2.23. The molecule has 0 saturated heterocycles. The third kappa shape index (κ3) is 4.80. The number of carbonyl (C=O) groups excluding carboxylic acids is 1. The van der Waals surface area contributed by atoms with E-state index in [0.29, 0.717) is 33.8 Å². The largest absolute Gasteiger partial charge is 0.417 e. The number of nitrogens with zero attached hydrogens (tertiary/aromatic N) is 4. The number of aromatic nitrogens is 4. The number of pyridine rings is 1. The summed E-state index contributed by atoms with van der Waals surface area (Å²) >= 11 is 1.19. The van der Waals surface area contributed by atoms with Crippen molar-refractivity contribution in [3.63, 3.8) is 0 Å². The van der Waals surface area contributed by atoms with E-state index in [9.17, 15) is 18.0 Å². The van der Waals surface area contributed by atoms with E-state index in [2.05, 4.69) is 30.6 Å². The van der Waals surface area contributed by atoms with Crippen LogP contribution in [0.15, 0.2) is 36.8 Å². The van der Waals surface area contributed by atoms with Gasteiger partial charge in [-0.3, -0.25) is 4.79 Å². The van der Waals surface area contributed by atoms with E-state index in [1.807, 2.05) is 0 Å². The third-order valence-corrected chi connectivity index (χ3v) is 4.72. The van der Waals surface area contributed by atoms with Gasteiger partial charge in [-0.2, -0.15) is 13.2 Å². The van der Waals surface area contributed by atoms with Crippen LogP contribution in [0.1, 0.15) is 20.9 Å². The lowest BCUT2D eigenvalue weighted by molar-refractivity contribution is -0.137. The molecule has 2 N–H and O–H groups in total. The van der Waals surface area contributed by atoms with Crippen molar-refractivity contribution in [3.8, 4) is 10.8 Å². The number of thiazole rings is 1. The number of carbonyl (C=O) groups is 1. The molecule has 3 heterocycles. The van der Waals surface area contributed by atoms with Gasteiger partial charge in [0, 0.05) is 31.7 Å². The summed E-state index contributed by atoms with van der Waals surface area (Å²) in [4.78, 5) is 29.0. The van der Waals surface area contributed by atoms with Crippen molar-refractivity contribution in [2.24, 2.45) is 0 Å². The summed E-state index contributed by atoms with van der Waals surface area (Å²) in [5.41, 5.74) is -0.243. The number of nitrogens with one attached hydrogen (secondary N) is 2. The third-order valence-electron chi connectivity index (χ3n) is 3.57. The monoisotopic (exact) mass is 408 g/mol. The molecule has 7 nitrogen and oxygen atoms in total. The quantitative estimate of drug-likeness (QED) is 0.609. The van der Waals surface area contributed by atoms with Crippen LogP contribution in [-0.2, 0) is 6.18 Å². The Morgan fingerprint density at radius 1 is 1.14 bits per heavy atom. The molecule has 28 heavy (non-hydrogen) atoms. The first kappa shape index (κ1) is 19.7. The van der Waals surface area contributed by atoms with Crippen LogP contribution in [0.25, 0.3) is 10.8 Å². The normalized spacial score (nSPS) is 11.3. The molecule has 0 spiro atoms. The summed E-state index contributed by atoms with van der Waals surface area (Å²) in [6, 6.07) is 3.88. The Balaban J connectivity index is 1.52. The predicted octanol–water partition coefficient (Wildman–Crippen LogP) is 3.16. The SMILES string of the molecule is Cc1nc(-c2ncccn2)sc1C(=O)NCCNc1ccc(C(F)(F)F)cn1. The first-order chi connectivity index (χ1) is 13.3.